The molecule has 0 radical (unpaired) electrons. The van der Waals surface area contributed by atoms with E-state index < -0.39 is 9.84 Å². The molecule has 0 aliphatic carbocycles. The molecule has 2 aromatic rings. The molecule has 0 aliphatic rings. The average Bonchev–Trinajstić information content (AvgIpc) is 2.85. The van der Waals surface area contributed by atoms with E-state index in [-0.39, 0.29) is 18.1 Å². The molecule has 0 spiro atoms. The normalized spacial score (nSPS) is 11.7. The molecular weight excluding hydrogens is 280 g/mol. The third kappa shape index (κ3) is 3.05. The number of aryl methyl sites for hydroxylation is 1. The molecule has 0 aliphatic heterocycles. The molecule has 108 valence electrons. The van der Waals surface area contributed by atoms with Gasteiger partial charge in [-0.2, -0.15) is 0 Å². The maximum absolute atomic E-state index is 11.5. The number of hydrogen-bond donors (Lipinski definition) is 2. The first-order valence-corrected chi connectivity index (χ1v) is 7.87. The van der Waals surface area contributed by atoms with E-state index in [4.69, 9.17) is 11.5 Å². The van der Waals surface area contributed by atoms with Gasteiger partial charge < -0.3 is 11.5 Å². The van der Waals surface area contributed by atoms with E-state index >= 15 is 0 Å². The number of anilines is 2. The van der Waals surface area contributed by atoms with Crippen molar-refractivity contribution in [1.82, 2.24) is 20.2 Å². The fourth-order valence-corrected chi connectivity index (χ4v) is 2.44. The molecule has 0 fully saturated rings. The Morgan fingerprint density at radius 2 is 2.05 bits per heavy atom. The van der Waals surface area contributed by atoms with Crippen LogP contribution in [0.4, 0.5) is 11.4 Å². The molecular formula is C11H16N6O2S. The maximum Gasteiger partial charge on any atom is 0.184 e. The van der Waals surface area contributed by atoms with Crippen molar-refractivity contribution in [2.75, 3.05) is 23.0 Å². The summed E-state index contributed by atoms with van der Waals surface area (Å²) in [5.74, 6) is 0.499. The summed E-state index contributed by atoms with van der Waals surface area (Å²) < 4.78 is 24.5. The minimum atomic E-state index is -3.08. The summed E-state index contributed by atoms with van der Waals surface area (Å²) in [6.07, 6.45) is 0. The minimum Gasteiger partial charge on any atom is -0.399 e. The summed E-state index contributed by atoms with van der Waals surface area (Å²) >= 11 is 0. The third-order valence-electron chi connectivity index (χ3n) is 2.90. The van der Waals surface area contributed by atoms with Gasteiger partial charge in [0.15, 0.2) is 15.7 Å². The van der Waals surface area contributed by atoms with Crippen molar-refractivity contribution < 1.29 is 8.42 Å². The second-order valence-electron chi connectivity index (χ2n) is 4.31. The van der Waals surface area contributed by atoms with Crippen molar-refractivity contribution in [3.63, 3.8) is 0 Å². The van der Waals surface area contributed by atoms with Crippen LogP contribution < -0.4 is 11.5 Å². The van der Waals surface area contributed by atoms with Gasteiger partial charge in [0.1, 0.15) is 0 Å². The van der Waals surface area contributed by atoms with Gasteiger partial charge in [0.2, 0.25) is 0 Å². The minimum absolute atomic E-state index is 0.0174. The van der Waals surface area contributed by atoms with E-state index in [0.29, 0.717) is 22.8 Å². The summed E-state index contributed by atoms with van der Waals surface area (Å²) in [6, 6.07) is 5.01. The molecule has 0 unspecified atom stereocenters. The Labute approximate surface area is 116 Å². The van der Waals surface area contributed by atoms with Crippen molar-refractivity contribution in [3.8, 4) is 11.4 Å². The molecule has 0 saturated heterocycles. The molecule has 0 bridgehead atoms. The Balaban J connectivity index is 2.29. The number of rotatable bonds is 5. The SMILES string of the molecule is CCS(=O)(=O)CCn1nnnc1-c1ccc(N)cc1N. The van der Waals surface area contributed by atoms with Crippen LogP contribution in [0.5, 0.6) is 0 Å². The predicted octanol–water partition coefficient (Wildman–Crippen LogP) is -0.0608. The van der Waals surface area contributed by atoms with Crippen molar-refractivity contribution in [3.05, 3.63) is 18.2 Å². The fourth-order valence-electron chi connectivity index (χ4n) is 1.70. The van der Waals surface area contributed by atoms with Gasteiger partial charge >= 0.3 is 0 Å². The first kappa shape index (κ1) is 14.3. The highest BCUT2D eigenvalue weighted by molar-refractivity contribution is 7.91. The van der Waals surface area contributed by atoms with Gasteiger partial charge in [-0.3, -0.25) is 0 Å². The van der Waals surface area contributed by atoms with Crippen LogP contribution in [0.3, 0.4) is 0 Å². The fraction of sp³-hybridized carbons (Fsp3) is 0.364. The molecule has 8 nitrogen and oxygen atoms in total. The maximum atomic E-state index is 11.5. The summed E-state index contributed by atoms with van der Waals surface area (Å²) in [5, 5.41) is 11.3. The van der Waals surface area contributed by atoms with E-state index in [0.717, 1.165) is 0 Å². The standard InChI is InChI=1S/C11H16N6O2S/c1-2-20(18,19)6-5-17-11(14-15-16-17)9-4-3-8(12)7-10(9)13/h3-4,7H,2,5-6,12-13H2,1H3. The van der Waals surface area contributed by atoms with Crippen LogP contribution in [0.25, 0.3) is 11.4 Å². The number of sulfone groups is 1. The first-order chi connectivity index (χ1) is 9.43. The number of nitrogens with two attached hydrogens (primary N) is 2. The molecule has 1 aromatic heterocycles. The van der Waals surface area contributed by atoms with Crippen LogP contribution in [0, 0.1) is 0 Å². The van der Waals surface area contributed by atoms with Crippen LogP contribution in [0.2, 0.25) is 0 Å². The molecule has 1 aromatic carbocycles. The van der Waals surface area contributed by atoms with E-state index in [2.05, 4.69) is 15.5 Å². The number of nitrogens with zero attached hydrogens (tertiary/aromatic N) is 4. The van der Waals surface area contributed by atoms with Gasteiger partial charge in [-0.25, -0.2) is 13.1 Å². The molecule has 20 heavy (non-hydrogen) atoms. The van der Waals surface area contributed by atoms with Crippen LogP contribution >= 0.6 is 0 Å². The van der Waals surface area contributed by atoms with E-state index in [1.165, 1.54) is 4.68 Å². The van der Waals surface area contributed by atoms with Crippen molar-refractivity contribution in [1.29, 1.82) is 0 Å². The van der Waals surface area contributed by atoms with Crippen molar-refractivity contribution in [2.45, 2.75) is 13.5 Å². The highest BCUT2D eigenvalue weighted by Gasteiger charge is 2.14. The zero-order chi connectivity index (χ0) is 14.8. The van der Waals surface area contributed by atoms with Gasteiger partial charge in [0, 0.05) is 22.7 Å². The number of hydrogen-bond acceptors (Lipinski definition) is 7. The molecule has 1 heterocycles. The predicted molar refractivity (Wildman–Crippen MR) is 76.4 cm³/mol. The Morgan fingerprint density at radius 3 is 2.70 bits per heavy atom. The summed E-state index contributed by atoms with van der Waals surface area (Å²) in [4.78, 5) is 0. The van der Waals surface area contributed by atoms with Crippen LogP contribution in [-0.4, -0.2) is 40.1 Å². The lowest BCUT2D eigenvalue weighted by Crippen LogP contribution is -2.16. The molecule has 0 atom stereocenters. The largest absolute Gasteiger partial charge is 0.399 e. The van der Waals surface area contributed by atoms with Gasteiger partial charge in [-0.15, -0.1) is 5.10 Å². The highest BCUT2D eigenvalue weighted by Crippen LogP contribution is 2.25. The lowest BCUT2D eigenvalue weighted by molar-refractivity contribution is 0.577. The Hall–Kier alpha value is -2.16. The molecule has 2 rings (SSSR count). The van der Waals surface area contributed by atoms with Crippen LogP contribution in [0.1, 0.15) is 6.92 Å². The topological polar surface area (TPSA) is 130 Å². The second-order valence-corrected chi connectivity index (χ2v) is 6.78. The zero-order valence-corrected chi connectivity index (χ0v) is 11.8. The summed E-state index contributed by atoms with van der Waals surface area (Å²) in [7, 11) is -3.08. The number of benzene rings is 1. The monoisotopic (exact) mass is 296 g/mol. The lowest BCUT2D eigenvalue weighted by atomic mass is 10.1. The third-order valence-corrected chi connectivity index (χ3v) is 4.59. The number of aromatic nitrogens is 4. The quantitative estimate of drug-likeness (QED) is 0.739. The zero-order valence-electron chi connectivity index (χ0n) is 11.0. The smallest absolute Gasteiger partial charge is 0.184 e. The Kier molecular flexibility index (Phi) is 3.89. The first-order valence-electron chi connectivity index (χ1n) is 6.05. The van der Waals surface area contributed by atoms with Crippen molar-refractivity contribution in [2.24, 2.45) is 0 Å². The summed E-state index contributed by atoms with van der Waals surface area (Å²) in [6.45, 7) is 1.79. The van der Waals surface area contributed by atoms with E-state index in [9.17, 15) is 8.42 Å². The van der Waals surface area contributed by atoms with Crippen molar-refractivity contribution >= 4 is 21.2 Å². The molecule has 0 saturated carbocycles. The van der Waals surface area contributed by atoms with Gasteiger partial charge in [-0.1, -0.05) is 6.92 Å². The van der Waals surface area contributed by atoms with E-state index in [1.807, 2.05) is 0 Å². The second kappa shape index (κ2) is 5.45. The highest BCUT2D eigenvalue weighted by atomic mass is 32.2. The Bertz CT molecular complexity index is 709. The molecule has 0 amide bonds. The van der Waals surface area contributed by atoms with Crippen LogP contribution in [-0.2, 0) is 16.4 Å². The van der Waals surface area contributed by atoms with Crippen LogP contribution in [0.15, 0.2) is 18.2 Å². The summed E-state index contributed by atoms with van der Waals surface area (Å²) in [5.41, 5.74) is 13.1. The van der Waals surface area contributed by atoms with Gasteiger partial charge in [0.25, 0.3) is 0 Å². The molecule has 9 heteroatoms. The average molecular weight is 296 g/mol. The number of nitrogen functional groups attached to an aromatic ring is 2. The molecule has 4 N–H and O–H groups in total. The van der Waals surface area contributed by atoms with Gasteiger partial charge in [0.05, 0.1) is 12.3 Å². The van der Waals surface area contributed by atoms with E-state index in [1.54, 1.807) is 25.1 Å². The lowest BCUT2D eigenvalue weighted by Gasteiger charge is -2.07. The Morgan fingerprint density at radius 1 is 1.30 bits per heavy atom. The van der Waals surface area contributed by atoms with Gasteiger partial charge in [-0.05, 0) is 28.6 Å². The number of tetrazole rings is 1.